The van der Waals surface area contributed by atoms with E-state index in [4.69, 9.17) is 4.74 Å². The van der Waals surface area contributed by atoms with Crippen LogP contribution >= 0.6 is 0 Å². The summed E-state index contributed by atoms with van der Waals surface area (Å²) >= 11 is 0. The fourth-order valence-corrected chi connectivity index (χ4v) is 11.1. The molecule has 1 aliphatic heterocycles. The third kappa shape index (κ3) is 3.17. The van der Waals surface area contributed by atoms with Gasteiger partial charge in [-0.2, -0.15) is 0 Å². The zero-order valence-corrected chi connectivity index (χ0v) is 23.5. The van der Waals surface area contributed by atoms with Crippen molar-refractivity contribution in [3.8, 4) is 0 Å². The van der Waals surface area contributed by atoms with Crippen molar-refractivity contribution in [2.24, 2.45) is 39.4 Å². The molecule has 5 heteroatoms. The molecule has 4 aliphatic carbocycles. The molecule has 0 aromatic carbocycles. The van der Waals surface area contributed by atoms with Crippen LogP contribution in [0, 0.1) is 39.4 Å². The molecule has 4 saturated carbocycles. The molecule has 0 bridgehead atoms. The van der Waals surface area contributed by atoms with Crippen LogP contribution in [0.25, 0.3) is 0 Å². The fourth-order valence-electron chi connectivity index (χ4n) is 11.1. The molecule has 5 nitrogen and oxygen atoms in total. The molecular formula is C30H52O5. The highest BCUT2D eigenvalue weighted by atomic mass is 16.5. The molecule has 3 unspecified atom stereocenters. The summed E-state index contributed by atoms with van der Waals surface area (Å²) in [4.78, 5) is 0. The molecule has 4 N–H and O–H groups in total. The second-order valence-electron chi connectivity index (χ2n) is 15.6. The molecule has 202 valence electrons. The van der Waals surface area contributed by atoms with Gasteiger partial charge in [0.25, 0.3) is 0 Å². The van der Waals surface area contributed by atoms with Crippen molar-refractivity contribution < 1.29 is 25.2 Å². The molecule has 5 fully saturated rings. The van der Waals surface area contributed by atoms with Crippen molar-refractivity contribution in [3.63, 3.8) is 0 Å². The standard InChI is InChI=1S/C30H52O5/c1-24(2)19-9-13-27(6)20(26(19,5)12-10-21(24)32)17-18(31)23-28(27,7)15-16-30(23,34)29(8)14-11-22(35-29)25(3,4)33/h18-23,31-34H,9-17H2,1-8H3/t18-,19?,20?,21-,22+,23?,26+,27-,28-,29-,30-/m1/s1. The van der Waals surface area contributed by atoms with Crippen LogP contribution in [0.3, 0.4) is 0 Å². The number of fused-ring (bicyclic) bond motifs is 5. The van der Waals surface area contributed by atoms with Gasteiger partial charge in [0.15, 0.2) is 0 Å². The second-order valence-corrected chi connectivity index (χ2v) is 15.6. The number of rotatable bonds is 2. The lowest BCUT2D eigenvalue weighted by molar-refractivity contribution is -0.277. The van der Waals surface area contributed by atoms with Gasteiger partial charge >= 0.3 is 0 Å². The van der Waals surface area contributed by atoms with Crippen LogP contribution in [0.1, 0.15) is 113 Å². The Bertz CT molecular complexity index is 865. The van der Waals surface area contributed by atoms with E-state index < -0.39 is 22.9 Å². The van der Waals surface area contributed by atoms with Crippen molar-refractivity contribution >= 4 is 0 Å². The van der Waals surface area contributed by atoms with E-state index in [1.165, 1.54) is 0 Å². The van der Waals surface area contributed by atoms with Gasteiger partial charge in [-0.1, -0.05) is 34.6 Å². The Morgan fingerprint density at radius 3 is 2.03 bits per heavy atom. The highest BCUT2D eigenvalue weighted by Gasteiger charge is 2.75. The Balaban J connectivity index is 1.52. The van der Waals surface area contributed by atoms with Crippen molar-refractivity contribution in [2.45, 2.75) is 148 Å². The first-order valence-corrected chi connectivity index (χ1v) is 14.4. The van der Waals surface area contributed by atoms with Gasteiger partial charge < -0.3 is 25.2 Å². The maximum atomic E-state index is 12.5. The quantitative estimate of drug-likeness (QED) is 0.443. The predicted molar refractivity (Wildman–Crippen MR) is 137 cm³/mol. The molecule has 1 heterocycles. The van der Waals surface area contributed by atoms with E-state index in [1.54, 1.807) is 13.8 Å². The topological polar surface area (TPSA) is 90.2 Å². The van der Waals surface area contributed by atoms with Crippen LogP contribution < -0.4 is 0 Å². The minimum Gasteiger partial charge on any atom is -0.393 e. The number of hydrogen-bond acceptors (Lipinski definition) is 5. The number of aliphatic hydroxyl groups excluding tert-OH is 2. The SMILES string of the molecule is CC(C)(O)[C@@H]1CC[C@](C)([C@@]2(O)CC[C@]3(C)C2[C@H](O)CC2[C@@]4(C)CC[C@@H](O)C(C)(C)C4CC[C@]23C)O1. The van der Waals surface area contributed by atoms with Crippen LogP contribution in [-0.4, -0.2) is 55.5 Å². The van der Waals surface area contributed by atoms with Crippen LogP contribution in [0.2, 0.25) is 0 Å². The Hall–Kier alpha value is -0.200. The zero-order valence-electron chi connectivity index (χ0n) is 23.5. The van der Waals surface area contributed by atoms with Crippen LogP contribution in [0.15, 0.2) is 0 Å². The van der Waals surface area contributed by atoms with Crippen molar-refractivity contribution in [1.29, 1.82) is 0 Å². The average molecular weight is 493 g/mol. The van der Waals surface area contributed by atoms with Gasteiger partial charge in [-0.15, -0.1) is 0 Å². The van der Waals surface area contributed by atoms with Gasteiger partial charge in [0, 0.05) is 5.92 Å². The molecule has 11 atom stereocenters. The van der Waals surface area contributed by atoms with Gasteiger partial charge in [0.1, 0.15) is 0 Å². The van der Waals surface area contributed by atoms with Gasteiger partial charge in [0.2, 0.25) is 0 Å². The summed E-state index contributed by atoms with van der Waals surface area (Å²) in [7, 11) is 0. The molecule has 5 aliphatic rings. The van der Waals surface area contributed by atoms with Crippen molar-refractivity contribution in [1.82, 2.24) is 0 Å². The summed E-state index contributed by atoms with van der Waals surface area (Å²) in [5.41, 5.74) is -3.08. The minimum atomic E-state index is -1.12. The molecule has 0 radical (unpaired) electrons. The van der Waals surface area contributed by atoms with Crippen LogP contribution in [-0.2, 0) is 4.74 Å². The van der Waals surface area contributed by atoms with E-state index in [1.807, 2.05) is 6.92 Å². The Morgan fingerprint density at radius 1 is 0.771 bits per heavy atom. The Morgan fingerprint density at radius 2 is 1.43 bits per heavy atom. The van der Waals surface area contributed by atoms with Crippen molar-refractivity contribution in [2.75, 3.05) is 0 Å². The number of hydrogen-bond donors (Lipinski definition) is 4. The van der Waals surface area contributed by atoms with E-state index in [0.717, 1.165) is 38.5 Å². The highest BCUT2D eigenvalue weighted by Crippen LogP contribution is 2.76. The smallest absolute Gasteiger partial charge is 0.0991 e. The molecule has 0 spiro atoms. The number of ether oxygens (including phenoxy) is 1. The predicted octanol–water partition coefficient (Wildman–Crippen LogP) is 4.83. The van der Waals surface area contributed by atoms with E-state index in [2.05, 4.69) is 34.6 Å². The third-order valence-electron chi connectivity index (χ3n) is 13.4. The lowest BCUT2D eigenvalue weighted by Crippen LogP contribution is -2.69. The maximum Gasteiger partial charge on any atom is 0.0991 e. The monoisotopic (exact) mass is 492 g/mol. The summed E-state index contributed by atoms with van der Waals surface area (Å²) in [6.45, 7) is 17.3. The maximum absolute atomic E-state index is 12.5. The first-order chi connectivity index (χ1) is 15.9. The summed E-state index contributed by atoms with van der Waals surface area (Å²) < 4.78 is 6.52. The first kappa shape index (κ1) is 26.4. The second kappa shape index (κ2) is 7.46. The molecular weight excluding hydrogens is 440 g/mol. The largest absolute Gasteiger partial charge is 0.393 e. The van der Waals surface area contributed by atoms with Gasteiger partial charge in [-0.05, 0) is 112 Å². The van der Waals surface area contributed by atoms with Crippen LogP contribution in [0.4, 0.5) is 0 Å². The first-order valence-electron chi connectivity index (χ1n) is 14.4. The molecule has 35 heavy (non-hydrogen) atoms. The Labute approximate surface area is 213 Å². The van der Waals surface area contributed by atoms with Gasteiger partial charge in [0.05, 0.1) is 35.1 Å². The van der Waals surface area contributed by atoms with E-state index in [9.17, 15) is 20.4 Å². The summed E-state index contributed by atoms with van der Waals surface area (Å²) in [6.07, 6.45) is 6.50. The molecule has 5 rings (SSSR count). The summed E-state index contributed by atoms with van der Waals surface area (Å²) in [6, 6.07) is 0. The third-order valence-corrected chi connectivity index (χ3v) is 13.4. The average Bonchev–Trinajstić information content (AvgIpc) is 3.29. The minimum absolute atomic E-state index is 0.00954. The fraction of sp³-hybridized carbons (Fsp3) is 1.00. The normalized spacial score (nSPS) is 57.9. The zero-order chi connectivity index (χ0) is 26.0. The van der Waals surface area contributed by atoms with Crippen molar-refractivity contribution in [3.05, 3.63) is 0 Å². The molecule has 0 aromatic rings. The van der Waals surface area contributed by atoms with Gasteiger partial charge in [-0.25, -0.2) is 0 Å². The summed E-state index contributed by atoms with van der Waals surface area (Å²) in [5, 5.41) is 45.9. The lowest BCUT2D eigenvalue weighted by Gasteiger charge is -2.71. The van der Waals surface area contributed by atoms with E-state index >= 15 is 0 Å². The highest BCUT2D eigenvalue weighted by molar-refractivity contribution is 5.25. The van der Waals surface area contributed by atoms with E-state index in [0.29, 0.717) is 31.1 Å². The molecule has 0 aromatic heterocycles. The molecule has 0 amide bonds. The summed E-state index contributed by atoms with van der Waals surface area (Å²) in [5.74, 6) is 0.553. The van der Waals surface area contributed by atoms with Gasteiger partial charge in [-0.3, -0.25) is 0 Å². The number of aliphatic hydroxyl groups is 4. The Kier molecular flexibility index (Phi) is 5.63. The van der Waals surface area contributed by atoms with Crippen LogP contribution in [0.5, 0.6) is 0 Å². The molecule has 1 saturated heterocycles. The van der Waals surface area contributed by atoms with E-state index in [-0.39, 0.29) is 39.8 Å². The lowest BCUT2D eigenvalue weighted by atomic mass is 9.35.